The molecule has 1 aromatic carbocycles. The number of ether oxygens (including phenoxy) is 2. The summed E-state index contributed by atoms with van der Waals surface area (Å²) in [4.78, 5) is 2.10. The van der Waals surface area contributed by atoms with Crippen LogP contribution < -0.4 is 5.73 Å². The van der Waals surface area contributed by atoms with E-state index in [-0.39, 0.29) is 17.6 Å². The van der Waals surface area contributed by atoms with Crippen LogP contribution in [0.1, 0.15) is 18.9 Å². The Bertz CT molecular complexity index is 413. The summed E-state index contributed by atoms with van der Waals surface area (Å²) >= 11 is 0. The lowest BCUT2D eigenvalue weighted by Gasteiger charge is -2.39. The fourth-order valence-corrected chi connectivity index (χ4v) is 2.12. The van der Waals surface area contributed by atoms with E-state index in [1.54, 1.807) is 20.3 Å². The highest BCUT2D eigenvalue weighted by Crippen LogP contribution is 2.22. The zero-order valence-corrected chi connectivity index (χ0v) is 12.7. The number of rotatable bonds is 8. The van der Waals surface area contributed by atoms with Crippen molar-refractivity contribution in [3.05, 3.63) is 35.6 Å². The predicted octanol–water partition coefficient (Wildman–Crippen LogP) is 1.98. The number of hydrogen-bond acceptors (Lipinski definition) is 4. The van der Waals surface area contributed by atoms with Crippen LogP contribution in [-0.2, 0) is 16.0 Å². The van der Waals surface area contributed by atoms with Gasteiger partial charge in [-0.15, -0.1) is 0 Å². The van der Waals surface area contributed by atoms with E-state index in [1.807, 2.05) is 13.1 Å². The van der Waals surface area contributed by atoms with Crippen LogP contribution in [0.15, 0.2) is 24.3 Å². The van der Waals surface area contributed by atoms with Gasteiger partial charge >= 0.3 is 0 Å². The van der Waals surface area contributed by atoms with Crippen molar-refractivity contribution in [1.29, 1.82) is 0 Å². The van der Waals surface area contributed by atoms with Crippen LogP contribution >= 0.6 is 0 Å². The summed E-state index contributed by atoms with van der Waals surface area (Å²) in [6.07, 6.45) is 0.334. The monoisotopic (exact) mass is 284 g/mol. The van der Waals surface area contributed by atoms with Gasteiger partial charge in [0.1, 0.15) is 5.82 Å². The molecule has 1 aromatic rings. The Morgan fingerprint density at radius 2 is 2.00 bits per heavy atom. The van der Waals surface area contributed by atoms with Crippen molar-refractivity contribution in [2.24, 2.45) is 5.73 Å². The van der Waals surface area contributed by atoms with Crippen molar-refractivity contribution in [2.45, 2.75) is 31.7 Å². The van der Waals surface area contributed by atoms with Gasteiger partial charge in [-0.05, 0) is 31.7 Å². The Kier molecular flexibility index (Phi) is 6.55. The molecule has 0 bridgehead atoms. The second kappa shape index (κ2) is 7.69. The Hall–Kier alpha value is -1.01. The molecule has 4 nitrogen and oxygen atoms in total. The van der Waals surface area contributed by atoms with Crippen LogP contribution in [0.25, 0.3) is 0 Å². The molecular formula is C15H25FN2O2. The molecule has 0 aliphatic heterocycles. The third-order valence-corrected chi connectivity index (χ3v) is 3.80. The molecule has 1 rings (SSSR count). The van der Waals surface area contributed by atoms with Crippen LogP contribution in [-0.4, -0.2) is 44.5 Å². The summed E-state index contributed by atoms with van der Waals surface area (Å²) in [7, 11) is 5.19. The summed E-state index contributed by atoms with van der Waals surface area (Å²) in [5.74, 6) is -0.225. The Morgan fingerprint density at radius 1 is 1.35 bits per heavy atom. The molecule has 0 aliphatic rings. The molecule has 114 valence electrons. The summed E-state index contributed by atoms with van der Waals surface area (Å²) < 4.78 is 23.7. The van der Waals surface area contributed by atoms with Gasteiger partial charge in [0.2, 0.25) is 0 Å². The molecule has 0 saturated heterocycles. The molecule has 5 heteroatoms. The molecule has 0 amide bonds. The third kappa shape index (κ3) is 4.52. The van der Waals surface area contributed by atoms with Crippen molar-refractivity contribution in [1.82, 2.24) is 4.90 Å². The average Bonchev–Trinajstić information content (AvgIpc) is 2.44. The Morgan fingerprint density at radius 3 is 2.50 bits per heavy atom. The Balaban J connectivity index is 2.77. The second-order valence-electron chi connectivity index (χ2n) is 5.29. The molecule has 20 heavy (non-hydrogen) atoms. The maximum atomic E-state index is 13.2. The van der Waals surface area contributed by atoms with Crippen molar-refractivity contribution in [3.63, 3.8) is 0 Å². The van der Waals surface area contributed by atoms with Gasteiger partial charge < -0.3 is 15.2 Å². The Labute approximate surface area is 120 Å². The van der Waals surface area contributed by atoms with Crippen LogP contribution in [0.4, 0.5) is 4.39 Å². The van der Waals surface area contributed by atoms with Crippen molar-refractivity contribution in [2.75, 3.05) is 27.8 Å². The molecular weight excluding hydrogens is 259 g/mol. The fraction of sp³-hybridized carbons (Fsp3) is 0.600. The lowest BCUT2D eigenvalue weighted by Crippen LogP contribution is -2.51. The summed E-state index contributed by atoms with van der Waals surface area (Å²) in [5.41, 5.74) is 6.55. The highest BCUT2D eigenvalue weighted by Gasteiger charge is 2.31. The van der Waals surface area contributed by atoms with E-state index >= 15 is 0 Å². The van der Waals surface area contributed by atoms with E-state index in [4.69, 9.17) is 15.2 Å². The predicted molar refractivity (Wildman–Crippen MR) is 77.7 cm³/mol. The summed E-state index contributed by atoms with van der Waals surface area (Å²) in [5, 5.41) is 0. The maximum Gasteiger partial charge on any atom is 0.158 e. The first-order valence-electron chi connectivity index (χ1n) is 6.66. The minimum absolute atomic E-state index is 0.225. The molecule has 0 spiro atoms. The van der Waals surface area contributed by atoms with Crippen molar-refractivity contribution in [3.8, 4) is 0 Å². The maximum absolute atomic E-state index is 13.2. The second-order valence-corrected chi connectivity index (χ2v) is 5.29. The lowest BCUT2D eigenvalue weighted by molar-refractivity contribution is -0.127. The fourth-order valence-electron chi connectivity index (χ4n) is 2.12. The smallest absolute Gasteiger partial charge is 0.158 e. The van der Waals surface area contributed by atoms with Crippen LogP contribution in [0, 0.1) is 5.82 Å². The SMILES string of the molecule is COC(CC(C)(CN)N(C)Cc1cccc(F)c1)OC. The normalized spacial score (nSPS) is 14.8. The zero-order valence-electron chi connectivity index (χ0n) is 12.7. The number of hydrogen-bond donors (Lipinski definition) is 1. The number of methoxy groups -OCH3 is 2. The highest BCUT2D eigenvalue weighted by molar-refractivity contribution is 5.16. The molecule has 2 N–H and O–H groups in total. The highest BCUT2D eigenvalue weighted by atomic mass is 19.1. The van der Waals surface area contributed by atoms with Crippen molar-refractivity contribution >= 4 is 0 Å². The van der Waals surface area contributed by atoms with E-state index in [2.05, 4.69) is 11.8 Å². The largest absolute Gasteiger partial charge is 0.356 e. The first-order valence-corrected chi connectivity index (χ1v) is 6.66. The third-order valence-electron chi connectivity index (χ3n) is 3.80. The van der Waals surface area contributed by atoms with Gasteiger partial charge in [-0.3, -0.25) is 4.90 Å². The molecule has 1 atom stereocenters. The van der Waals surface area contributed by atoms with Crippen LogP contribution in [0.2, 0.25) is 0 Å². The van der Waals surface area contributed by atoms with E-state index in [9.17, 15) is 4.39 Å². The lowest BCUT2D eigenvalue weighted by atomic mass is 9.94. The molecule has 1 unspecified atom stereocenters. The standard InChI is InChI=1S/C15H25FN2O2/c1-15(11-17,9-14(19-3)20-4)18(2)10-12-6-5-7-13(16)8-12/h5-8,14H,9-11,17H2,1-4H3. The number of benzene rings is 1. The number of nitrogens with two attached hydrogens (primary N) is 1. The van der Waals surface area contributed by atoms with E-state index in [0.29, 0.717) is 19.5 Å². The number of halogens is 1. The van der Waals surface area contributed by atoms with Gasteiger partial charge in [0.25, 0.3) is 0 Å². The molecule has 0 heterocycles. The topological polar surface area (TPSA) is 47.7 Å². The van der Waals surface area contributed by atoms with Gasteiger partial charge in [-0.25, -0.2) is 4.39 Å². The quantitative estimate of drug-likeness (QED) is 0.742. The van der Waals surface area contributed by atoms with Gasteiger partial charge in [-0.2, -0.15) is 0 Å². The van der Waals surface area contributed by atoms with Crippen LogP contribution in [0.3, 0.4) is 0 Å². The van der Waals surface area contributed by atoms with Gasteiger partial charge in [-0.1, -0.05) is 12.1 Å². The molecule has 0 radical (unpaired) electrons. The molecule has 0 aliphatic carbocycles. The first-order chi connectivity index (χ1) is 9.45. The molecule has 0 aromatic heterocycles. The minimum atomic E-state index is -0.307. The first kappa shape index (κ1) is 17.0. The molecule has 0 fully saturated rings. The minimum Gasteiger partial charge on any atom is -0.356 e. The van der Waals surface area contributed by atoms with E-state index < -0.39 is 0 Å². The van der Waals surface area contributed by atoms with Gasteiger partial charge in [0.15, 0.2) is 6.29 Å². The summed E-state index contributed by atoms with van der Waals surface area (Å²) in [6, 6.07) is 6.60. The number of likely N-dealkylation sites (N-methyl/N-ethyl adjacent to an activating group) is 1. The van der Waals surface area contributed by atoms with Crippen molar-refractivity contribution < 1.29 is 13.9 Å². The average molecular weight is 284 g/mol. The number of nitrogens with zero attached hydrogens (tertiary/aromatic N) is 1. The zero-order chi connectivity index (χ0) is 15.2. The van der Waals surface area contributed by atoms with E-state index in [0.717, 1.165) is 5.56 Å². The van der Waals surface area contributed by atoms with Crippen LogP contribution in [0.5, 0.6) is 0 Å². The van der Waals surface area contributed by atoms with Gasteiger partial charge in [0, 0.05) is 39.3 Å². The van der Waals surface area contributed by atoms with Gasteiger partial charge in [0.05, 0.1) is 0 Å². The summed E-state index contributed by atoms with van der Waals surface area (Å²) in [6.45, 7) is 3.13. The van der Waals surface area contributed by atoms with E-state index in [1.165, 1.54) is 12.1 Å². The molecule has 0 saturated carbocycles.